The fraction of sp³-hybridized carbons (Fsp3) is 0.739. The number of carbonyl (C=O) groups is 1. The number of pyridine rings is 1. The molecule has 1 aromatic rings. The molecule has 0 unspecified atom stereocenters. The van der Waals surface area contributed by atoms with Crippen molar-refractivity contribution in [2.75, 3.05) is 52.5 Å². The molecule has 2 aliphatic rings. The molecule has 1 aliphatic carbocycles. The Hall–Kier alpha value is -1.66. The first-order chi connectivity index (χ1) is 14.3. The van der Waals surface area contributed by atoms with E-state index in [2.05, 4.69) is 20.1 Å². The van der Waals surface area contributed by atoms with Gasteiger partial charge >= 0.3 is 6.03 Å². The number of carbonyl (C=O) groups excluding carboxylic acids is 1. The van der Waals surface area contributed by atoms with Gasteiger partial charge in [-0.05, 0) is 42.9 Å². The van der Waals surface area contributed by atoms with Crippen molar-refractivity contribution in [2.24, 2.45) is 5.92 Å². The molecule has 6 heteroatoms. The maximum absolute atomic E-state index is 12.9. The number of rotatable bonds is 10. The molecule has 2 fully saturated rings. The lowest BCUT2D eigenvalue weighted by molar-refractivity contribution is 0.0347. The van der Waals surface area contributed by atoms with E-state index >= 15 is 0 Å². The average molecular weight is 403 g/mol. The van der Waals surface area contributed by atoms with Gasteiger partial charge in [0.05, 0.1) is 13.2 Å². The van der Waals surface area contributed by atoms with E-state index in [4.69, 9.17) is 4.74 Å². The minimum absolute atomic E-state index is 0.101. The molecule has 1 aromatic heterocycles. The van der Waals surface area contributed by atoms with Crippen molar-refractivity contribution in [3.63, 3.8) is 0 Å². The number of morpholine rings is 1. The number of aromatic nitrogens is 1. The van der Waals surface area contributed by atoms with E-state index in [9.17, 15) is 4.79 Å². The van der Waals surface area contributed by atoms with E-state index in [-0.39, 0.29) is 6.03 Å². The largest absolute Gasteiger partial charge is 0.379 e. The van der Waals surface area contributed by atoms with Crippen LogP contribution in [-0.4, -0.2) is 73.3 Å². The van der Waals surface area contributed by atoms with Gasteiger partial charge in [-0.25, -0.2) is 4.79 Å². The van der Waals surface area contributed by atoms with Crippen LogP contribution >= 0.6 is 0 Å². The highest BCUT2D eigenvalue weighted by Crippen LogP contribution is 2.26. The van der Waals surface area contributed by atoms with Gasteiger partial charge in [0.15, 0.2) is 0 Å². The zero-order chi connectivity index (χ0) is 20.2. The van der Waals surface area contributed by atoms with Gasteiger partial charge in [0.25, 0.3) is 0 Å². The van der Waals surface area contributed by atoms with Crippen LogP contribution in [0.4, 0.5) is 4.79 Å². The van der Waals surface area contributed by atoms with Gasteiger partial charge in [-0.2, -0.15) is 0 Å². The normalized spacial score (nSPS) is 18.5. The quantitative estimate of drug-likeness (QED) is 0.610. The van der Waals surface area contributed by atoms with Crippen LogP contribution in [0.25, 0.3) is 0 Å². The van der Waals surface area contributed by atoms with Gasteiger partial charge in [0, 0.05) is 51.7 Å². The summed E-state index contributed by atoms with van der Waals surface area (Å²) in [4.78, 5) is 21.4. The van der Waals surface area contributed by atoms with E-state index in [1.165, 1.54) is 37.7 Å². The third-order valence-corrected chi connectivity index (χ3v) is 6.28. The Balaban J connectivity index is 1.41. The fourth-order valence-corrected chi connectivity index (χ4v) is 4.37. The SMILES string of the molecule is O=C(NCCCc1ccncc1)N(CCC1CCCCC1)CCN1CCOCC1. The maximum atomic E-state index is 12.9. The summed E-state index contributed by atoms with van der Waals surface area (Å²) in [7, 11) is 0. The van der Waals surface area contributed by atoms with Crippen molar-refractivity contribution in [2.45, 2.75) is 51.4 Å². The molecule has 3 rings (SSSR count). The summed E-state index contributed by atoms with van der Waals surface area (Å²) < 4.78 is 5.44. The summed E-state index contributed by atoms with van der Waals surface area (Å²) in [5.74, 6) is 0.800. The van der Waals surface area contributed by atoms with Crippen LogP contribution in [0.1, 0.15) is 50.5 Å². The summed E-state index contributed by atoms with van der Waals surface area (Å²) in [5.41, 5.74) is 1.27. The minimum atomic E-state index is 0.101. The number of urea groups is 1. The standard InChI is InChI=1S/C23H38N4O2/c28-23(25-11-4-7-22-8-12-24-13-9-22)27(14-10-21-5-2-1-3-6-21)16-15-26-17-19-29-20-18-26/h8-9,12-13,21H,1-7,10-11,14-20H2,(H,25,28). The molecule has 1 saturated heterocycles. The number of hydrogen-bond acceptors (Lipinski definition) is 4. The first kappa shape index (κ1) is 22.0. The molecule has 1 saturated carbocycles. The van der Waals surface area contributed by atoms with Crippen molar-refractivity contribution in [1.82, 2.24) is 20.1 Å². The Kier molecular flexibility index (Phi) is 9.73. The lowest BCUT2D eigenvalue weighted by Crippen LogP contribution is -2.47. The Morgan fingerprint density at radius 3 is 2.66 bits per heavy atom. The molecule has 162 valence electrons. The molecule has 1 aliphatic heterocycles. The maximum Gasteiger partial charge on any atom is 0.317 e. The molecule has 6 nitrogen and oxygen atoms in total. The molecular formula is C23H38N4O2. The lowest BCUT2D eigenvalue weighted by atomic mass is 9.87. The fourth-order valence-electron chi connectivity index (χ4n) is 4.37. The number of nitrogens with zero attached hydrogens (tertiary/aromatic N) is 3. The zero-order valence-corrected chi connectivity index (χ0v) is 17.9. The van der Waals surface area contributed by atoms with Gasteiger partial charge in [0.1, 0.15) is 0 Å². The summed E-state index contributed by atoms with van der Waals surface area (Å²) >= 11 is 0. The van der Waals surface area contributed by atoms with Crippen LogP contribution < -0.4 is 5.32 Å². The molecule has 0 atom stereocenters. The van der Waals surface area contributed by atoms with Crippen molar-refractivity contribution < 1.29 is 9.53 Å². The highest BCUT2D eigenvalue weighted by atomic mass is 16.5. The number of aryl methyl sites for hydroxylation is 1. The first-order valence-electron chi connectivity index (χ1n) is 11.5. The molecule has 29 heavy (non-hydrogen) atoms. The number of nitrogens with one attached hydrogen (secondary N) is 1. The van der Waals surface area contributed by atoms with Crippen molar-refractivity contribution >= 4 is 6.03 Å². The van der Waals surface area contributed by atoms with Crippen molar-refractivity contribution in [3.8, 4) is 0 Å². The first-order valence-corrected chi connectivity index (χ1v) is 11.5. The predicted molar refractivity (Wildman–Crippen MR) is 116 cm³/mol. The van der Waals surface area contributed by atoms with Gasteiger partial charge in [-0.1, -0.05) is 32.1 Å². The summed E-state index contributed by atoms with van der Waals surface area (Å²) in [6, 6.07) is 4.19. The van der Waals surface area contributed by atoms with Gasteiger partial charge in [-0.3, -0.25) is 9.88 Å². The van der Waals surface area contributed by atoms with E-state index in [1.54, 1.807) is 0 Å². The number of ether oxygens (including phenoxy) is 1. The van der Waals surface area contributed by atoms with E-state index < -0.39 is 0 Å². The Labute approximate surface area is 176 Å². The monoisotopic (exact) mass is 402 g/mol. The topological polar surface area (TPSA) is 57.7 Å². The Bertz CT molecular complexity index is 550. The summed E-state index contributed by atoms with van der Waals surface area (Å²) in [6.07, 6.45) is 13.5. The molecule has 0 radical (unpaired) electrons. The highest BCUT2D eigenvalue weighted by Gasteiger charge is 2.19. The third kappa shape index (κ3) is 8.31. The molecule has 0 aromatic carbocycles. The molecule has 2 amide bonds. The molecular weight excluding hydrogens is 364 g/mol. The molecule has 0 bridgehead atoms. The van der Waals surface area contributed by atoms with Crippen molar-refractivity contribution in [3.05, 3.63) is 30.1 Å². The lowest BCUT2D eigenvalue weighted by Gasteiger charge is -2.31. The van der Waals surface area contributed by atoms with Gasteiger partial charge in [0.2, 0.25) is 0 Å². The second-order valence-corrected chi connectivity index (χ2v) is 8.42. The zero-order valence-electron chi connectivity index (χ0n) is 17.9. The van der Waals surface area contributed by atoms with Crippen LogP contribution in [0, 0.1) is 5.92 Å². The highest BCUT2D eigenvalue weighted by molar-refractivity contribution is 5.74. The summed E-state index contributed by atoms with van der Waals surface area (Å²) in [5, 5.41) is 3.16. The summed E-state index contributed by atoms with van der Waals surface area (Å²) in [6.45, 7) is 6.92. The second-order valence-electron chi connectivity index (χ2n) is 8.42. The van der Waals surface area contributed by atoms with Crippen LogP contribution in [-0.2, 0) is 11.2 Å². The Morgan fingerprint density at radius 2 is 1.90 bits per heavy atom. The predicted octanol–water partition coefficient (Wildman–Crippen LogP) is 3.33. The minimum Gasteiger partial charge on any atom is -0.379 e. The van der Waals surface area contributed by atoms with Gasteiger partial charge < -0.3 is 15.0 Å². The number of amides is 2. The van der Waals surface area contributed by atoms with E-state index in [0.29, 0.717) is 0 Å². The van der Waals surface area contributed by atoms with Crippen LogP contribution in [0.3, 0.4) is 0 Å². The second kappa shape index (κ2) is 12.8. The molecule has 2 heterocycles. The van der Waals surface area contributed by atoms with Crippen LogP contribution in [0.15, 0.2) is 24.5 Å². The van der Waals surface area contributed by atoms with E-state index in [0.717, 1.165) is 77.7 Å². The van der Waals surface area contributed by atoms with Crippen LogP contribution in [0.2, 0.25) is 0 Å². The third-order valence-electron chi connectivity index (χ3n) is 6.28. The Morgan fingerprint density at radius 1 is 1.14 bits per heavy atom. The smallest absolute Gasteiger partial charge is 0.317 e. The van der Waals surface area contributed by atoms with E-state index in [1.807, 2.05) is 24.5 Å². The van der Waals surface area contributed by atoms with Crippen LogP contribution in [0.5, 0.6) is 0 Å². The number of hydrogen-bond donors (Lipinski definition) is 1. The molecule has 0 spiro atoms. The average Bonchev–Trinajstić information content (AvgIpc) is 2.79. The van der Waals surface area contributed by atoms with Gasteiger partial charge in [-0.15, -0.1) is 0 Å². The van der Waals surface area contributed by atoms with Crippen molar-refractivity contribution in [1.29, 1.82) is 0 Å². The molecule has 1 N–H and O–H groups in total.